The van der Waals surface area contributed by atoms with Gasteiger partial charge in [-0.05, 0) is 57.9 Å². The molecule has 0 atom stereocenters. The predicted molar refractivity (Wildman–Crippen MR) is 77.7 cm³/mol. The first-order valence-corrected chi connectivity index (χ1v) is 6.50. The van der Waals surface area contributed by atoms with Crippen LogP contribution in [0.5, 0.6) is 0 Å². The molecule has 0 radical (unpaired) electrons. The van der Waals surface area contributed by atoms with Crippen molar-refractivity contribution < 1.29 is 9.84 Å². The van der Waals surface area contributed by atoms with E-state index >= 15 is 0 Å². The summed E-state index contributed by atoms with van der Waals surface area (Å²) in [6.07, 6.45) is 11.5. The van der Waals surface area contributed by atoms with E-state index in [2.05, 4.69) is 35.5 Å². The smallest absolute Gasteiger partial charge is 0.159 e. The lowest BCUT2D eigenvalue weighted by molar-refractivity contribution is -0.155. The molecule has 104 valence electrons. The first kappa shape index (κ1) is 17.1. The molecule has 0 aliphatic heterocycles. The Morgan fingerprint density at radius 2 is 1.89 bits per heavy atom. The van der Waals surface area contributed by atoms with Gasteiger partial charge in [0.15, 0.2) is 5.79 Å². The van der Waals surface area contributed by atoms with Gasteiger partial charge >= 0.3 is 0 Å². The largest absolute Gasteiger partial charge is 0.366 e. The first-order chi connectivity index (χ1) is 8.44. The highest BCUT2D eigenvalue weighted by Gasteiger charge is 2.16. The second-order valence-electron chi connectivity index (χ2n) is 4.92. The third-order valence-corrected chi connectivity index (χ3v) is 3.03. The number of aliphatic hydroxyl groups is 1. The molecule has 1 N–H and O–H groups in total. The van der Waals surface area contributed by atoms with Gasteiger partial charge in [0.2, 0.25) is 0 Å². The Balaban J connectivity index is 0.000000411. The summed E-state index contributed by atoms with van der Waals surface area (Å²) in [4.78, 5) is 3.72. The van der Waals surface area contributed by atoms with Crippen LogP contribution in [0.1, 0.15) is 46.5 Å². The fourth-order valence-electron chi connectivity index (χ4n) is 1.87. The van der Waals surface area contributed by atoms with Gasteiger partial charge in [0.05, 0.1) is 0 Å². The fraction of sp³-hybridized carbons (Fsp3) is 0.667. The molecule has 0 amide bonds. The van der Waals surface area contributed by atoms with Gasteiger partial charge < -0.3 is 9.84 Å². The minimum atomic E-state index is -0.958. The van der Waals surface area contributed by atoms with Crippen LogP contribution in [0.25, 0.3) is 0 Å². The molecule has 18 heavy (non-hydrogen) atoms. The van der Waals surface area contributed by atoms with Crippen LogP contribution in [0.3, 0.4) is 0 Å². The lowest BCUT2D eigenvalue weighted by Gasteiger charge is -2.12. The van der Waals surface area contributed by atoms with Crippen molar-refractivity contribution in [1.82, 2.24) is 0 Å². The zero-order chi connectivity index (χ0) is 14.0. The van der Waals surface area contributed by atoms with Crippen LogP contribution in [0, 0.1) is 5.92 Å². The summed E-state index contributed by atoms with van der Waals surface area (Å²) < 4.78 is 4.49. The molecule has 1 fully saturated rings. The van der Waals surface area contributed by atoms with E-state index in [0.29, 0.717) is 0 Å². The topological polar surface area (TPSA) is 41.8 Å². The second kappa shape index (κ2) is 9.06. The molecule has 3 nitrogen and oxygen atoms in total. The van der Waals surface area contributed by atoms with Crippen LogP contribution in [0.4, 0.5) is 0 Å². The summed E-state index contributed by atoms with van der Waals surface area (Å²) in [5, 5.41) is 8.60. The molecule has 0 aromatic heterocycles. The van der Waals surface area contributed by atoms with Crippen LogP contribution in [0.15, 0.2) is 28.9 Å². The van der Waals surface area contributed by atoms with Crippen molar-refractivity contribution >= 4 is 6.72 Å². The van der Waals surface area contributed by atoms with Crippen molar-refractivity contribution in [3.8, 4) is 0 Å². The quantitative estimate of drug-likeness (QED) is 0.471. The monoisotopic (exact) mass is 253 g/mol. The molecule has 0 heterocycles. The summed E-state index contributed by atoms with van der Waals surface area (Å²) in [6, 6.07) is 0. The van der Waals surface area contributed by atoms with E-state index in [1.54, 1.807) is 20.0 Å². The predicted octanol–water partition coefficient (Wildman–Crippen LogP) is 3.70. The molecule has 0 aromatic rings. The van der Waals surface area contributed by atoms with E-state index in [-0.39, 0.29) is 0 Å². The van der Waals surface area contributed by atoms with Gasteiger partial charge in [-0.1, -0.05) is 18.9 Å². The highest BCUT2D eigenvalue weighted by molar-refractivity contribution is 5.28. The van der Waals surface area contributed by atoms with Crippen molar-refractivity contribution in [2.75, 3.05) is 7.11 Å². The maximum Gasteiger partial charge on any atom is 0.159 e. The zero-order valence-corrected chi connectivity index (χ0v) is 12.1. The lowest BCUT2D eigenvalue weighted by Crippen LogP contribution is -2.20. The highest BCUT2D eigenvalue weighted by Crippen LogP contribution is 2.31. The Kier molecular flexibility index (Phi) is 8.59. The number of hydrogen-bond donors (Lipinski definition) is 1. The van der Waals surface area contributed by atoms with Crippen molar-refractivity contribution in [3.05, 3.63) is 23.9 Å². The molecule has 0 spiro atoms. The van der Waals surface area contributed by atoms with E-state index in [1.165, 1.54) is 38.4 Å². The average molecular weight is 253 g/mol. The molecule has 1 aliphatic carbocycles. The Morgan fingerprint density at radius 1 is 1.39 bits per heavy atom. The van der Waals surface area contributed by atoms with Crippen LogP contribution in [-0.4, -0.2) is 24.7 Å². The van der Waals surface area contributed by atoms with Gasteiger partial charge in [-0.15, -0.1) is 0 Å². The van der Waals surface area contributed by atoms with E-state index in [4.69, 9.17) is 5.11 Å². The number of aliphatic imine (C=N–C) groups is 1. The van der Waals surface area contributed by atoms with Crippen LogP contribution >= 0.6 is 0 Å². The van der Waals surface area contributed by atoms with Crippen molar-refractivity contribution in [1.29, 1.82) is 0 Å². The van der Waals surface area contributed by atoms with Crippen LogP contribution in [-0.2, 0) is 4.74 Å². The summed E-state index contributed by atoms with van der Waals surface area (Å²) >= 11 is 0. The molecular weight excluding hydrogens is 226 g/mol. The molecule has 0 aromatic carbocycles. The molecule has 3 heteroatoms. The van der Waals surface area contributed by atoms with Crippen molar-refractivity contribution in [2.24, 2.45) is 10.9 Å². The molecule has 1 rings (SSSR count). The van der Waals surface area contributed by atoms with Gasteiger partial charge in [-0.3, -0.25) is 4.99 Å². The molecule has 1 aliphatic rings. The van der Waals surface area contributed by atoms with E-state index in [1.807, 2.05) is 0 Å². The number of ether oxygens (including phenoxy) is 1. The Labute approximate surface area is 111 Å². The standard InChI is InChI=1S/C11H17N.C4H10O2/c1-3-10(8-9-12-2)11-6-4-5-7-11;1-4(2,5)6-3/h3,8-9,11H,2,4-7H2,1H3;5H,1-3H3/b9-8-,10-3+;. The number of nitrogens with zero attached hydrogens (tertiary/aromatic N) is 1. The van der Waals surface area contributed by atoms with Gasteiger partial charge in [-0.2, -0.15) is 0 Å². The summed E-state index contributed by atoms with van der Waals surface area (Å²) in [6.45, 7) is 8.68. The molecular formula is C15H27NO2. The fourth-order valence-corrected chi connectivity index (χ4v) is 1.87. The Bertz CT molecular complexity index is 281. The van der Waals surface area contributed by atoms with Gasteiger partial charge in [0, 0.05) is 13.3 Å². The normalized spacial score (nSPS) is 17.7. The molecule has 0 unspecified atom stereocenters. The van der Waals surface area contributed by atoms with E-state index in [0.717, 1.165) is 5.92 Å². The molecule has 0 saturated heterocycles. The lowest BCUT2D eigenvalue weighted by atomic mass is 9.97. The summed E-state index contributed by atoms with van der Waals surface area (Å²) in [7, 11) is 1.46. The molecule has 0 bridgehead atoms. The Hall–Kier alpha value is -0.930. The van der Waals surface area contributed by atoms with E-state index < -0.39 is 5.79 Å². The third kappa shape index (κ3) is 8.20. The SMILES string of the molecule is C=N/C=C\C(=C/C)C1CCCC1.COC(C)(C)O. The maximum absolute atomic E-state index is 8.60. The zero-order valence-electron chi connectivity index (χ0n) is 12.1. The summed E-state index contributed by atoms with van der Waals surface area (Å²) in [5.74, 6) is -0.173. The highest BCUT2D eigenvalue weighted by atomic mass is 16.6. The van der Waals surface area contributed by atoms with Crippen molar-refractivity contribution in [2.45, 2.75) is 52.2 Å². The van der Waals surface area contributed by atoms with Gasteiger partial charge in [-0.25, -0.2) is 0 Å². The molecule has 1 saturated carbocycles. The minimum Gasteiger partial charge on any atom is -0.366 e. The summed E-state index contributed by atoms with van der Waals surface area (Å²) in [5.41, 5.74) is 1.43. The third-order valence-electron chi connectivity index (χ3n) is 3.03. The number of hydrogen-bond acceptors (Lipinski definition) is 3. The number of methoxy groups -OCH3 is 1. The Morgan fingerprint density at radius 3 is 2.22 bits per heavy atom. The number of rotatable bonds is 4. The van der Waals surface area contributed by atoms with Crippen LogP contribution in [0.2, 0.25) is 0 Å². The first-order valence-electron chi connectivity index (χ1n) is 6.50. The number of allylic oxidation sites excluding steroid dienone is 3. The van der Waals surface area contributed by atoms with Crippen molar-refractivity contribution in [3.63, 3.8) is 0 Å². The average Bonchev–Trinajstić information content (AvgIpc) is 2.84. The van der Waals surface area contributed by atoms with Gasteiger partial charge in [0.1, 0.15) is 0 Å². The maximum atomic E-state index is 8.60. The van der Waals surface area contributed by atoms with E-state index in [9.17, 15) is 0 Å². The van der Waals surface area contributed by atoms with Gasteiger partial charge in [0.25, 0.3) is 0 Å². The van der Waals surface area contributed by atoms with Crippen LogP contribution < -0.4 is 0 Å². The second-order valence-corrected chi connectivity index (χ2v) is 4.92. The minimum absolute atomic E-state index is 0.785.